The zero-order valence-corrected chi connectivity index (χ0v) is 9.84. The van der Waals surface area contributed by atoms with Gasteiger partial charge in [0.15, 0.2) is 0 Å². The van der Waals surface area contributed by atoms with Crippen LogP contribution >= 0.6 is 0 Å². The standard InChI is InChI=1S/C13H15NO3/c1-15-9-5-6-11(16-2)10(8-9)13(14)12-4-3-7-17-12/h3-8,13H,14H2,1-2H3. The third-order valence-electron chi connectivity index (χ3n) is 2.62. The van der Waals surface area contributed by atoms with Crippen LogP contribution < -0.4 is 15.2 Å². The summed E-state index contributed by atoms with van der Waals surface area (Å²) in [5.41, 5.74) is 6.97. The lowest BCUT2D eigenvalue weighted by Gasteiger charge is -2.14. The van der Waals surface area contributed by atoms with Gasteiger partial charge in [0.05, 0.1) is 26.5 Å². The molecule has 4 nitrogen and oxygen atoms in total. The number of furan rings is 1. The average molecular weight is 233 g/mol. The average Bonchev–Trinajstić information content (AvgIpc) is 2.91. The Hall–Kier alpha value is -1.94. The first-order valence-electron chi connectivity index (χ1n) is 5.27. The minimum atomic E-state index is -0.366. The first-order chi connectivity index (χ1) is 8.26. The molecule has 0 spiro atoms. The van der Waals surface area contributed by atoms with Gasteiger partial charge >= 0.3 is 0 Å². The molecule has 1 atom stereocenters. The van der Waals surface area contributed by atoms with Gasteiger partial charge in [-0.1, -0.05) is 0 Å². The van der Waals surface area contributed by atoms with Crippen molar-refractivity contribution in [3.63, 3.8) is 0 Å². The van der Waals surface area contributed by atoms with Crippen LogP contribution in [0.3, 0.4) is 0 Å². The predicted molar refractivity (Wildman–Crippen MR) is 64.3 cm³/mol. The van der Waals surface area contributed by atoms with Crippen LogP contribution in [0.4, 0.5) is 0 Å². The minimum absolute atomic E-state index is 0.366. The third-order valence-corrected chi connectivity index (χ3v) is 2.62. The van der Waals surface area contributed by atoms with Crippen molar-refractivity contribution in [2.24, 2.45) is 5.73 Å². The lowest BCUT2D eigenvalue weighted by molar-refractivity contribution is 0.393. The van der Waals surface area contributed by atoms with Gasteiger partial charge in [0.2, 0.25) is 0 Å². The van der Waals surface area contributed by atoms with E-state index in [0.717, 1.165) is 17.1 Å². The van der Waals surface area contributed by atoms with E-state index in [0.29, 0.717) is 5.76 Å². The van der Waals surface area contributed by atoms with Crippen molar-refractivity contribution in [1.82, 2.24) is 0 Å². The van der Waals surface area contributed by atoms with Gasteiger partial charge in [0.1, 0.15) is 17.3 Å². The first kappa shape index (κ1) is 11.5. The molecular formula is C13H15NO3. The summed E-state index contributed by atoms with van der Waals surface area (Å²) in [6.45, 7) is 0. The molecule has 0 radical (unpaired) electrons. The number of nitrogens with two attached hydrogens (primary N) is 1. The van der Waals surface area contributed by atoms with E-state index in [1.54, 1.807) is 20.5 Å². The Balaban J connectivity index is 2.41. The molecule has 0 fully saturated rings. The monoisotopic (exact) mass is 233 g/mol. The van der Waals surface area contributed by atoms with E-state index >= 15 is 0 Å². The number of rotatable bonds is 4. The quantitative estimate of drug-likeness (QED) is 0.880. The highest BCUT2D eigenvalue weighted by Crippen LogP contribution is 2.31. The fourth-order valence-electron chi connectivity index (χ4n) is 1.70. The Kier molecular flexibility index (Phi) is 3.35. The van der Waals surface area contributed by atoms with Crippen molar-refractivity contribution < 1.29 is 13.9 Å². The molecule has 1 aromatic heterocycles. The summed E-state index contributed by atoms with van der Waals surface area (Å²) in [6, 6.07) is 8.79. The van der Waals surface area contributed by atoms with E-state index in [4.69, 9.17) is 19.6 Å². The van der Waals surface area contributed by atoms with Crippen LogP contribution in [0.25, 0.3) is 0 Å². The molecule has 0 saturated carbocycles. The van der Waals surface area contributed by atoms with E-state index in [2.05, 4.69) is 0 Å². The van der Waals surface area contributed by atoms with Crippen molar-refractivity contribution in [3.8, 4) is 11.5 Å². The Morgan fingerprint density at radius 2 is 2.00 bits per heavy atom. The molecule has 0 bridgehead atoms. The van der Waals surface area contributed by atoms with E-state index in [-0.39, 0.29) is 6.04 Å². The van der Waals surface area contributed by atoms with Gasteiger partial charge in [-0.05, 0) is 30.3 Å². The Morgan fingerprint density at radius 1 is 1.18 bits per heavy atom. The van der Waals surface area contributed by atoms with Gasteiger partial charge in [-0.25, -0.2) is 0 Å². The van der Waals surface area contributed by atoms with Gasteiger partial charge in [-0.15, -0.1) is 0 Å². The lowest BCUT2D eigenvalue weighted by Crippen LogP contribution is -2.12. The summed E-state index contributed by atoms with van der Waals surface area (Å²) in [7, 11) is 3.23. The number of hydrogen-bond donors (Lipinski definition) is 1. The van der Waals surface area contributed by atoms with Crippen LogP contribution in [-0.4, -0.2) is 14.2 Å². The van der Waals surface area contributed by atoms with Crippen LogP contribution in [0.5, 0.6) is 11.5 Å². The Labute approximate surface area is 99.9 Å². The SMILES string of the molecule is COc1ccc(OC)c(C(N)c2ccco2)c1. The molecule has 2 N–H and O–H groups in total. The van der Waals surface area contributed by atoms with Crippen molar-refractivity contribution >= 4 is 0 Å². The van der Waals surface area contributed by atoms with Gasteiger partial charge in [0, 0.05) is 5.56 Å². The Bertz CT molecular complexity index is 479. The summed E-state index contributed by atoms with van der Waals surface area (Å²) < 4.78 is 15.8. The molecule has 90 valence electrons. The maximum Gasteiger partial charge on any atom is 0.125 e. The topological polar surface area (TPSA) is 57.6 Å². The fraction of sp³-hybridized carbons (Fsp3) is 0.231. The summed E-state index contributed by atoms with van der Waals surface area (Å²) in [4.78, 5) is 0. The molecule has 0 aliphatic carbocycles. The molecular weight excluding hydrogens is 218 g/mol. The molecule has 2 rings (SSSR count). The molecule has 2 aromatic rings. The summed E-state index contributed by atoms with van der Waals surface area (Å²) >= 11 is 0. The van der Waals surface area contributed by atoms with Crippen LogP contribution in [-0.2, 0) is 0 Å². The second-order valence-corrected chi connectivity index (χ2v) is 3.60. The number of benzene rings is 1. The summed E-state index contributed by atoms with van der Waals surface area (Å²) in [6.07, 6.45) is 1.60. The molecule has 0 amide bonds. The second kappa shape index (κ2) is 4.93. The van der Waals surface area contributed by atoms with Gasteiger partial charge < -0.3 is 19.6 Å². The molecule has 0 aliphatic rings. The molecule has 1 aromatic carbocycles. The van der Waals surface area contributed by atoms with Crippen LogP contribution in [0, 0.1) is 0 Å². The normalized spacial score (nSPS) is 12.2. The smallest absolute Gasteiger partial charge is 0.125 e. The van der Waals surface area contributed by atoms with Gasteiger partial charge in [-0.3, -0.25) is 0 Å². The highest BCUT2D eigenvalue weighted by atomic mass is 16.5. The molecule has 1 heterocycles. The van der Waals surface area contributed by atoms with E-state index in [1.807, 2.05) is 30.3 Å². The van der Waals surface area contributed by atoms with Crippen LogP contribution in [0.2, 0.25) is 0 Å². The highest BCUT2D eigenvalue weighted by molar-refractivity contribution is 5.44. The lowest BCUT2D eigenvalue weighted by atomic mass is 10.0. The number of methoxy groups -OCH3 is 2. The van der Waals surface area contributed by atoms with Crippen LogP contribution in [0.15, 0.2) is 41.0 Å². The van der Waals surface area contributed by atoms with Crippen LogP contribution in [0.1, 0.15) is 17.4 Å². The highest BCUT2D eigenvalue weighted by Gasteiger charge is 2.17. The maximum absolute atomic E-state index is 6.13. The Morgan fingerprint density at radius 3 is 2.59 bits per heavy atom. The van der Waals surface area contributed by atoms with Gasteiger partial charge in [0.25, 0.3) is 0 Å². The maximum atomic E-state index is 6.13. The van der Waals surface area contributed by atoms with Gasteiger partial charge in [-0.2, -0.15) is 0 Å². The second-order valence-electron chi connectivity index (χ2n) is 3.60. The van der Waals surface area contributed by atoms with Crippen molar-refractivity contribution in [1.29, 1.82) is 0 Å². The van der Waals surface area contributed by atoms with Crippen molar-refractivity contribution in [3.05, 3.63) is 47.9 Å². The molecule has 17 heavy (non-hydrogen) atoms. The van der Waals surface area contributed by atoms with Crippen molar-refractivity contribution in [2.75, 3.05) is 14.2 Å². The fourth-order valence-corrected chi connectivity index (χ4v) is 1.70. The molecule has 0 aliphatic heterocycles. The minimum Gasteiger partial charge on any atom is -0.497 e. The van der Waals surface area contributed by atoms with Crippen molar-refractivity contribution in [2.45, 2.75) is 6.04 Å². The molecule has 0 saturated heterocycles. The largest absolute Gasteiger partial charge is 0.497 e. The zero-order chi connectivity index (χ0) is 12.3. The summed E-state index contributed by atoms with van der Waals surface area (Å²) in [5, 5.41) is 0. The zero-order valence-electron chi connectivity index (χ0n) is 9.84. The summed E-state index contributed by atoms with van der Waals surface area (Å²) in [5.74, 6) is 2.15. The molecule has 4 heteroatoms. The van der Waals surface area contributed by atoms with E-state index < -0.39 is 0 Å². The van der Waals surface area contributed by atoms with E-state index in [9.17, 15) is 0 Å². The van der Waals surface area contributed by atoms with E-state index in [1.165, 1.54) is 0 Å². The first-order valence-corrected chi connectivity index (χ1v) is 5.27. The number of hydrogen-bond acceptors (Lipinski definition) is 4. The molecule has 1 unspecified atom stereocenters. The third kappa shape index (κ3) is 2.26. The number of ether oxygens (including phenoxy) is 2. The predicted octanol–water partition coefficient (Wildman–Crippen LogP) is 2.34.